The first kappa shape index (κ1) is 11.1. The highest BCUT2D eigenvalue weighted by Gasteiger charge is 2.11. The molecule has 0 bridgehead atoms. The van der Waals surface area contributed by atoms with E-state index < -0.39 is 0 Å². The molecule has 18 heavy (non-hydrogen) atoms. The van der Waals surface area contributed by atoms with E-state index in [1.807, 2.05) is 41.1 Å². The van der Waals surface area contributed by atoms with Crippen molar-refractivity contribution in [1.82, 2.24) is 4.98 Å². The summed E-state index contributed by atoms with van der Waals surface area (Å²) < 4.78 is 0. The van der Waals surface area contributed by atoms with Crippen molar-refractivity contribution >= 4 is 28.0 Å². The molecular formula is C15H11NOS. The number of fused-ring (bicyclic) bond motifs is 1. The minimum Gasteiger partial charge on any atom is -0.294 e. The SMILES string of the molecule is O=C(Cc1ccsc1)c1ccnc2ccccc12. The van der Waals surface area contributed by atoms with E-state index in [0.717, 1.165) is 22.0 Å². The summed E-state index contributed by atoms with van der Waals surface area (Å²) in [7, 11) is 0. The molecule has 3 heteroatoms. The molecule has 88 valence electrons. The molecular weight excluding hydrogens is 242 g/mol. The van der Waals surface area contributed by atoms with E-state index in [1.54, 1.807) is 23.6 Å². The number of ketones is 1. The molecule has 2 heterocycles. The van der Waals surface area contributed by atoms with Gasteiger partial charge in [-0.2, -0.15) is 11.3 Å². The minimum absolute atomic E-state index is 0.145. The average Bonchev–Trinajstić information content (AvgIpc) is 2.91. The van der Waals surface area contributed by atoms with Gasteiger partial charge in [0.25, 0.3) is 0 Å². The summed E-state index contributed by atoms with van der Waals surface area (Å²) in [6, 6.07) is 11.5. The van der Waals surface area contributed by atoms with Gasteiger partial charge >= 0.3 is 0 Å². The lowest BCUT2D eigenvalue weighted by Crippen LogP contribution is -2.04. The highest BCUT2D eigenvalue weighted by Crippen LogP contribution is 2.18. The Hall–Kier alpha value is -2.00. The van der Waals surface area contributed by atoms with Crippen LogP contribution in [0.3, 0.4) is 0 Å². The topological polar surface area (TPSA) is 30.0 Å². The molecule has 0 aliphatic rings. The molecule has 2 aromatic heterocycles. The summed E-state index contributed by atoms with van der Waals surface area (Å²) in [5.41, 5.74) is 2.70. The number of hydrogen-bond donors (Lipinski definition) is 0. The second-order valence-electron chi connectivity index (χ2n) is 4.11. The standard InChI is InChI=1S/C15H11NOS/c17-15(9-11-6-8-18-10-11)13-5-7-16-14-4-2-1-3-12(13)14/h1-8,10H,9H2. The summed E-state index contributed by atoms with van der Waals surface area (Å²) in [6.07, 6.45) is 2.15. The molecule has 2 nitrogen and oxygen atoms in total. The fourth-order valence-electron chi connectivity index (χ4n) is 2.01. The van der Waals surface area contributed by atoms with E-state index in [9.17, 15) is 4.79 Å². The van der Waals surface area contributed by atoms with Crippen molar-refractivity contribution in [3.63, 3.8) is 0 Å². The number of benzene rings is 1. The number of Topliss-reactive ketones (excluding diaryl/α,β-unsaturated/α-hetero) is 1. The number of rotatable bonds is 3. The largest absolute Gasteiger partial charge is 0.294 e. The lowest BCUT2D eigenvalue weighted by atomic mass is 10.0. The summed E-state index contributed by atoms with van der Waals surface area (Å²) in [4.78, 5) is 16.6. The van der Waals surface area contributed by atoms with Gasteiger partial charge in [0.1, 0.15) is 0 Å². The van der Waals surface area contributed by atoms with Gasteiger partial charge in [-0.25, -0.2) is 0 Å². The molecule has 0 aliphatic heterocycles. The van der Waals surface area contributed by atoms with Gasteiger partial charge in [0.15, 0.2) is 5.78 Å². The molecule has 3 aromatic rings. The third kappa shape index (κ3) is 2.05. The maximum Gasteiger partial charge on any atom is 0.168 e. The minimum atomic E-state index is 0.145. The zero-order valence-electron chi connectivity index (χ0n) is 9.67. The van der Waals surface area contributed by atoms with Crippen molar-refractivity contribution < 1.29 is 4.79 Å². The predicted molar refractivity (Wildman–Crippen MR) is 74.1 cm³/mol. The molecule has 0 fully saturated rings. The summed E-state index contributed by atoms with van der Waals surface area (Å²) >= 11 is 1.62. The lowest BCUT2D eigenvalue weighted by Gasteiger charge is -2.04. The third-order valence-corrected chi connectivity index (χ3v) is 3.63. The van der Waals surface area contributed by atoms with Crippen LogP contribution in [0.25, 0.3) is 10.9 Å². The Labute approximate surface area is 109 Å². The van der Waals surface area contributed by atoms with Crippen LogP contribution in [0.1, 0.15) is 15.9 Å². The van der Waals surface area contributed by atoms with Crippen LogP contribution in [-0.4, -0.2) is 10.8 Å². The van der Waals surface area contributed by atoms with Crippen molar-refractivity contribution in [3.05, 3.63) is 64.5 Å². The Morgan fingerprint density at radius 3 is 2.89 bits per heavy atom. The van der Waals surface area contributed by atoms with E-state index in [1.165, 1.54) is 0 Å². The van der Waals surface area contributed by atoms with Gasteiger partial charge in [-0.05, 0) is 34.5 Å². The molecule has 0 N–H and O–H groups in total. The Balaban J connectivity index is 2.01. The molecule has 0 aliphatic carbocycles. The molecule has 0 unspecified atom stereocenters. The molecule has 1 aromatic carbocycles. The molecule has 0 spiro atoms. The van der Waals surface area contributed by atoms with E-state index in [2.05, 4.69) is 4.98 Å². The first-order valence-corrected chi connectivity index (χ1v) is 6.67. The van der Waals surface area contributed by atoms with Gasteiger partial charge in [-0.3, -0.25) is 9.78 Å². The number of carbonyl (C=O) groups excluding carboxylic acids is 1. The Morgan fingerprint density at radius 1 is 1.17 bits per heavy atom. The van der Waals surface area contributed by atoms with Crippen molar-refractivity contribution in [3.8, 4) is 0 Å². The van der Waals surface area contributed by atoms with Crippen molar-refractivity contribution in [1.29, 1.82) is 0 Å². The number of carbonyl (C=O) groups is 1. The maximum absolute atomic E-state index is 12.3. The summed E-state index contributed by atoms with van der Waals surface area (Å²) in [5.74, 6) is 0.145. The van der Waals surface area contributed by atoms with Gasteiger partial charge in [0, 0.05) is 23.6 Å². The van der Waals surface area contributed by atoms with Crippen LogP contribution >= 0.6 is 11.3 Å². The van der Waals surface area contributed by atoms with E-state index in [0.29, 0.717) is 6.42 Å². The first-order valence-electron chi connectivity index (χ1n) is 5.72. The molecule has 3 rings (SSSR count). The highest BCUT2D eigenvalue weighted by molar-refractivity contribution is 7.08. The van der Waals surface area contributed by atoms with Gasteiger partial charge < -0.3 is 0 Å². The molecule has 0 saturated carbocycles. The van der Waals surface area contributed by atoms with Gasteiger partial charge in [-0.15, -0.1) is 0 Å². The van der Waals surface area contributed by atoms with E-state index >= 15 is 0 Å². The smallest absolute Gasteiger partial charge is 0.168 e. The summed E-state index contributed by atoms with van der Waals surface area (Å²) in [6.45, 7) is 0. The Bertz CT molecular complexity index is 683. The van der Waals surface area contributed by atoms with Crippen LogP contribution in [0.4, 0.5) is 0 Å². The van der Waals surface area contributed by atoms with Crippen molar-refractivity contribution in [2.24, 2.45) is 0 Å². The number of thiophene rings is 1. The number of aromatic nitrogens is 1. The second kappa shape index (κ2) is 4.70. The number of hydrogen-bond acceptors (Lipinski definition) is 3. The number of para-hydroxylation sites is 1. The van der Waals surface area contributed by atoms with Gasteiger partial charge in [-0.1, -0.05) is 18.2 Å². The molecule has 0 saturated heterocycles. The van der Waals surface area contributed by atoms with Gasteiger partial charge in [0.05, 0.1) is 5.52 Å². The van der Waals surface area contributed by atoms with E-state index in [4.69, 9.17) is 0 Å². The Kier molecular flexibility index (Phi) is 2.90. The molecule has 0 amide bonds. The van der Waals surface area contributed by atoms with Crippen LogP contribution in [0.2, 0.25) is 0 Å². The fourth-order valence-corrected chi connectivity index (χ4v) is 2.68. The van der Waals surface area contributed by atoms with E-state index in [-0.39, 0.29) is 5.78 Å². The number of nitrogens with zero attached hydrogens (tertiary/aromatic N) is 1. The van der Waals surface area contributed by atoms with Crippen LogP contribution < -0.4 is 0 Å². The zero-order valence-corrected chi connectivity index (χ0v) is 10.5. The van der Waals surface area contributed by atoms with Crippen molar-refractivity contribution in [2.45, 2.75) is 6.42 Å². The zero-order chi connectivity index (χ0) is 12.4. The number of pyridine rings is 1. The van der Waals surface area contributed by atoms with Gasteiger partial charge in [0.2, 0.25) is 0 Å². The van der Waals surface area contributed by atoms with Crippen LogP contribution in [0.15, 0.2) is 53.4 Å². The van der Waals surface area contributed by atoms with Crippen LogP contribution in [0, 0.1) is 0 Å². The fraction of sp³-hybridized carbons (Fsp3) is 0.0667. The monoisotopic (exact) mass is 253 g/mol. The third-order valence-electron chi connectivity index (χ3n) is 2.89. The highest BCUT2D eigenvalue weighted by atomic mass is 32.1. The lowest BCUT2D eigenvalue weighted by molar-refractivity contribution is 0.0994. The predicted octanol–water partition coefficient (Wildman–Crippen LogP) is 3.72. The second-order valence-corrected chi connectivity index (χ2v) is 4.89. The quantitative estimate of drug-likeness (QED) is 0.666. The molecule has 0 radical (unpaired) electrons. The normalized spacial score (nSPS) is 10.7. The van der Waals surface area contributed by atoms with Crippen molar-refractivity contribution in [2.75, 3.05) is 0 Å². The van der Waals surface area contributed by atoms with Crippen LogP contribution in [0.5, 0.6) is 0 Å². The average molecular weight is 253 g/mol. The first-order chi connectivity index (χ1) is 8.84. The Morgan fingerprint density at radius 2 is 2.06 bits per heavy atom. The molecule has 0 atom stereocenters. The van der Waals surface area contributed by atoms with Crippen LogP contribution in [-0.2, 0) is 6.42 Å². The summed E-state index contributed by atoms with van der Waals surface area (Å²) in [5, 5.41) is 4.94. The maximum atomic E-state index is 12.3.